The van der Waals surface area contributed by atoms with Crippen molar-refractivity contribution in [1.29, 1.82) is 0 Å². The number of thiophene rings is 2. The molecule has 2 aromatic heterocycles. The summed E-state index contributed by atoms with van der Waals surface area (Å²) in [6, 6.07) is 8.56. The van der Waals surface area contributed by atoms with Gasteiger partial charge in [0.05, 0.1) is 9.40 Å². The predicted molar refractivity (Wildman–Crippen MR) is 67.3 cm³/mol. The van der Waals surface area contributed by atoms with Crippen molar-refractivity contribution in [3.05, 3.63) is 41.8 Å². The third-order valence-corrected chi connectivity index (χ3v) is 4.72. The van der Waals surface area contributed by atoms with Crippen LogP contribution < -0.4 is 0 Å². The highest BCUT2D eigenvalue weighted by molar-refractivity contribution is 7.32. The van der Waals surface area contributed by atoms with Crippen molar-refractivity contribution >= 4 is 48.2 Å². The summed E-state index contributed by atoms with van der Waals surface area (Å²) in [7, 11) is 0. The summed E-state index contributed by atoms with van der Waals surface area (Å²) in [5.41, 5.74) is 1.27. The molecule has 0 aliphatic carbocycles. The molecule has 3 rings (SSSR count). The van der Waals surface area contributed by atoms with Crippen molar-refractivity contribution in [2.75, 3.05) is 0 Å². The SMILES string of the molecule is C=Cc1csc2c1sc1ccccc12. The summed E-state index contributed by atoms with van der Waals surface area (Å²) in [6.07, 6.45) is 1.94. The molecule has 0 amide bonds. The van der Waals surface area contributed by atoms with E-state index in [9.17, 15) is 0 Å². The summed E-state index contributed by atoms with van der Waals surface area (Å²) in [4.78, 5) is 0. The van der Waals surface area contributed by atoms with Crippen molar-refractivity contribution in [3.8, 4) is 0 Å². The first-order chi connectivity index (χ1) is 6.90. The van der Waals surface area contributed by atoms with Crippen molar-refractivity contribution in [2.24, 2.45) is 0 Å². The number of rotatable bonds is 1. The fraction of sp³-hybridized carbons (Fsp3) is 0. The molecule has 0 atom stereocenters. The van der Waals surface area contributed by atoms with Gasteiger partial charge in [0.2, 0.25) is 0 Å². The zero-order chi connectivity index (χ0) is 9.54. The molecule has 0 N–H and O–H groups in total. The molecule has 3 aromatic rings. The summed E-state index contributed by atoms with van der Waals surface area (Å²) < 4.78 is 4.16. The molecular weight excluding hydrogens is 208 g/mol. The molecule has 0 saturated carbocycles. The molecule has 0 nitrogen and oxygen atoms in total. The van der Waals surface area contributed by atoms with Crippen molar-refractivity contribution in [1.82, 2.24) is 0 Å². The minimum Gasteiger partial charge on any atom is -0.142 e. The van der Waals surface area contributed by atoms with E-state index in [4.69, 9.17) is 0 Å². The number of fused-ring (bicyclic) bond motifs is 3. The Balaban J connectivity index is 2.57. The normalized spacial score (nSPS) is 11.1. The van der Waals surface area contributed by atoms with Crippen molar-refractivity contribution < 1.29 is 0 Å². The maximum absolute atomic E-state index is 3.84. The molecule has 0 saturated heterocycles. The standard InChI is InChI=1S/C12H8S2/c1-2-8-7-13-12-9-5-3-4-6-10(9)14-11(8)12/h2-7H,1H2. The monoisotopic (exact) mass is 216 g/mol. The molecule has 0 radical (unpaired) electrons. The molecule has 0 spiro atoms. The molecule has 2 heterocycles. The third kappa shape index (κ3) is 0.982. The maximum Gasteiger partial charge on any atom is 0.0535 e. The number of hydrogen-bond acceptors (Lipinski definition) is 2. The fourth-order valence-corrected chi connectivity index (χ4v) is 4.15. The van der Waals surface area contributed by atoms with Crippen LogP contribution in [0.1, 0.15) is 5.56 Å². The predicted octanol–water partition coefficient (Wildman–Crippen LogP) is 4.76. The lowest BCUT2D eigenvalue weighted by Gasteiger charge is -1.84. The highest BCUT2D eigenvalue weighted by Crippen LogP contribution is 2.40. The molecule has 14 heavy (non-hydrogen) atoms. The van der Waals surface area contributed by atoms with E-state index in [2.05, 4.69) is 36.2 Å². The van der Waals surface area contributed by atoms with E-state index in [-0.39, 0.29) is 0 Å². The van der Waals surface area contributed by atoms with Gasteiger partial charge in [-0.25, -0.2) is 0 Å². The average molecular weight is 216 g/mol. The van der Waals surface area contributed by atoms with Gasteiger partial charge in [-0.15, -0.1) is 22.7 Å². The minimum absolute atomic E-state index is 1.27. The molecule has 0 aliphatic heterocycles. The van der Waals surface area contributed by atoms with Gasteiger partial charge < -0.3 is 0 Å². The number of benzene rings is 1. The van der Waals surface area contributed by atoms with Crippen LogP contribution in [0.4, 0.5) is 0 Å². The average Bonchev–Trinajstić information content (AvgIpc) is 2.75. The Labute approximate surface area is 90.1 Å². The Bertz CT molecular complexity index is 613. The van der Waals surface area contributed by atoms with E-state index in [0.29, 0.717) is 0 Å². The Morgan fingerprint density at radius 1 is 1.14 bits per heavy atom. The zero-order valence-electron chi connectivity index (χ0n) is 7.49. The molecule has 0 fully saturated rings. The van der Waals surface area contributed by atoms with Crippen molar-refractivity contribution in [2.45, 2.75) is 0 Å². The lowest BCUT2D eigenvalue weighted by molar-refractivity contribution is 1.87. The van der Waals surface area contributed by atoms with Crippen LogP contribution in [0.15, 0.2) is 36.2 Å². The van der Waals surface area contributed by atoms with Crippen molar-refractivity contribution in [3.63, 3.8) is 0 Å². The van der Waals surface area contributed by atoms with E-state index < -0.39 is 0 Å². The van der Waals surface area contributed by atoms with Crippen LogP contribution in [0.2, 0.25) is 0 Å². The van der Waals surface area contributed by atoms with Gasteiger partial charge in [-0.3, -0.25) is 0 Å². The van der Waals surface area contributed by atoms with Gasteiger partial charge in [-0.05, 0) is 6.07 Å². The maximum atomic E-state index is 3.84. The summed E-state index contributed by atoms with van der Waals surface area (Å²) in [5, 5.41) is 3.56. The van der Waals surface area contributed by atoms with Gasteiger partial charge in [-0.2, -0.15) is 0 Å². The van der Waals surface area contributed by atoms with Gasteiger partial charge >= 0.3 is 0 Å². The topological polar surface area (TPSA) is 0 Å². The van der Waals surface area contributed by atoms with Crippen LogP contribution in [0, 0.1) is 0 Å². The fourth-order valence-electron chi connectivity index (χ4n) is 1.65. The van der Waals surface area contributed by atoms with Gasteiger partial charge in [0.1, 0.15) is 0 Å². The Morgan fingerprint density at radius 2 is 2.00 bits per heavy atom. The highest BCUT2D eigenvalue weighted by atomic mass is 32.1. The van der Waals surface area contributed by atoms with Crippen LogP contribution in [0.25, 0.3) is 25.6 Å². The van der Waals surface area contributed by atoms with Crippen LogP contribution in [0.3, 0.4) is 0 Å². The first-order valence-electron chi connectivity index (χ1n) is 4.41. The second-order valence-corrected chi connectivity index (χ2v) is 5.08. The van der Waals surface area contributed by atoms with Gasteiger partial charge in [0.15, 0.2) is 0 Å². The molecule has 2 heteroatoms. The van der Waals surface area contributed by atoms with E-state index in [1.54, 1.807) is 0 Å². The first kappa shape index (κ1) is 8.21. The minimum atomic E-state index is 1.27. The molecule has 0 bridgehead atoms. The molecule has 68 valence electrons. The van der Waals surface area contributed by atoms with E-state index >= 15 is 0 Å². The summed E-state index contributed by atoms with van der Waals surface area (Å²) in [5.74, 6) is 0. The Hall–Kier alpha value is -1.12. The molecular formula is C12H8S2. The number of hydrogen-bond donors (Lipinski definition) is 0. The first-order valence-corrected chi connectivity index (χ1v) is 6.11. The van der Waals surface area contributed by atoms with Crippen LogP contribution in [-0.4, -0.2) is 0 Å². The molecule has 0 unspecified atom stereocenters. The largest absolute Gasteiger partial charge is 0.142 e. The lowest BCUT2D eigenvalue weighted by Crippen LogP contribution is -1.58. The van der Waals surface area contributed by atoms with Gasteiger partial charge in [0, 0.05) is 21.0 Å². The molecule has 0 aliphatic rings. The lowest BCUT2D eigenvalue weighted by atomic mass is 10.2. The Morgan fingerprint density at radius 3 is 2.86 bits per heavy atom. The summed E-state index contributed by atoms with van der Waals surface area (Å²) >= 11 is 3.67. The van der Waals surface area contributed by atoms with Crippen LogP contribution >= 0.6 is 22.7 Å². The third-order valence-electron chi connectivity index (χ3n) is 2.34. The second-order valence-electron chi connectivity index (χ2n) is 3.15. The highest BCUT2D eigenvalue weighted by Gasteiger charge is 2.08. The molecule has 1 aromatic carbocycles. The summed E-state index contributed by atoms with van der Waals surface area (Å²) in [6.45, 7) is 3.84. The van der Waals surface area contributed by atoms with Gasteiger partial charge in [0.25, 0.3) is 0 Å². The zero-order valence-corrected chi connectivity index (χ0v) is 9.12. The van der Waals surface area contributed by atoms with Crippen LogP contribution in [0.5, 0.6) is 0 Å². The quantitative estimate of drug-likeness (QED) is 0.550. The van der Waals surface area contributed by atoms with E-state index in [1.807, 2.05) is 28.7 Å². The Kier molecular flexibility index (Phi) is 1.72. The van der Waals surface area contributed by atoms with E-state index in [1.165, 1.54) is 25.0 Å². The van der Waals surface area contributed by atoms with Gasteiger partial charge in [-0.1, -0.05) is 30.9 Å². The second kappa shape index (κ2) is 2.94. The smallest absolute Gasteiger partial charge is 0.0535 e. The van der Waals surface area contributed by atoms with Crippen LogP contribution in [-0.2, 0) is 0 Å². The van der Waals surface area contributed by atoms with E-state index in [0.717, 1.165) is 0 Å².